The van der Waals surface area contributed by atoms with E-state index in [0.29, 0.717) is 28.9 Å². The van der Waals surface area contributed by atoms with Crippen molar-refractivity contribution in [1.82, 2.24) is 14.9 Å². The van der Waals surface area contributed by atoms with Crippen molar-refractivity contribution in [3.8, 4) is 17.2 Å². The molecular formula is C20H21N3O5. The van der Waals surface area contributed by atoms with Crippen molar-refractivity contribution in [3.05, 3.63) is 58.6 Å². The molecule has 0 spiro atoms. The molecule has 1 amide bonds. The molecule has 146 valence electrons. The van der Waals surface area contributed by atoms with E-state index >= 15 is 0 Å². The Morgan fingerprint density at radius 1 is 1.04 bits per heavy atom. The number of methoxy groups -OCH3 is 3. The van der Waals surface area contributed by atoms with Crippen molar-refractivity contribution in [3.63, 3.8) is 0 Å². The molecule has 0 unspecified atom stereocenters. The van der Waals surface area contributed by atoms with Crippen molar-refractivity contribution < 1.29 is 19.0 Å². The molecule has 1 N–H and O–H groups in total. The Kier molecular flexibility index (Phi) is 5.78. The lowest BCUT2D eigenvalue weighted by Crippen LogP contribution is -2.32. The van der Waals surface area contributed by atoms with Gasteiger partial charge in [0, 0.05) is 12.6 Å². The van der Waals surface area contributed by atoms with Crippen LogP contribution in [-0.2, 0) is 17.9 Å². The third-order valence-corrected chi connectivity index (χ3v) is 4.29. The molecule has 2 aromatic carbocycles. The van der Waals surface area contributed by atoms with Crippen LogP contribution in [0.1, 0.15) is 5.56 Å². The van der Waals surface area contributed by atoms with E-state index in [0.717, 1.165) is 11.3 Å². The molecule has 0 atom stereocenters. The molecule has 0 radical (unpaired) electrons. The molecule has 0 bridgehead atoms. The lowest BCUT2D eigenvalue weighted by molar-refractivity contribution is -0.121. The summed E-state index contributed by atoms with van der Waals surface area (Å²) in [6.07, 6.45) is 1.35. The Morgan fingerprint density at radius 2 is 1.71 bits per heavy atom. The summed E-state index contributed by atoms with van der Waals surface area (Å²) in [6.45, 7) is 0.218. The highest BCUT2D eigenvalue weighted by Gasteiger charge is 2.12. The van der Waals surface area contributed by atoms with Crippen LogP contribution in [0.5, 0.6) is 17.2 Å². The lowest BCUT2D eigenvalue weighted by atomic mass is 10.2. The minimum Gasteiger partial charge on any atom is -0.497 e. The first-order valence-electron chi connectivity index (χ1n) is 8.56. The highest BCUT2D eigenvalue weighted by atomic mass is 16.5. The summed E-state index contributed by atoms with van der Waals surface area (Å²) >= 11 is 0. The van der Waals surface area contributed by atoms with Gasteiger partial charge >= 0.3 is 0 Å². The molecule has 0 aliphatic heterocycles. The Bertz CT molecular complexity index is 1040. The van der Waals surface area contributed by atoms with Crippen LogP contribution in [0.25, 0.3) is 10.9 Å². The van der Waals surface area contributed by atoms with Gasteiger partial charge in [0.2, 0.25) is 5.91 Å². The summed E-state index contributed by atoms with van der Waals surface area (Å²) in [7, 11) is 4.60. The molecule has 3 rings (SSSR count). The molecule has 0 saturated heterocycles. The largest absolute Gasteiger partial charge is 0.497 e. The number of nitrogens with zero attached hydrogens (tertiary/aromatic N) is 2. The summed E-state index contributed by atoms with van der Waals surface area (Å²) < 4.78 is 16.8. The molecule has 0 aliphatic rings. The predicted octanol–water partition coefficient (Wildman–Crippen LogP) is 1.74. The van der Waals surface area contributed by atoms with Crippen LogP contribution in [0.4, 0.5) is 0 Å². The van der Waals surface area contributed by atoms with Gasteiger partial charge in [-0.3, -0.25) is 14.2 Å². The third kappa shape index (κ3) is 4.06. The molecule has 8 heteroatoms. The van der Waals surface area contributed by atoms with Crippen molar-refractivity contribution in [2.75, 3.05) is 21.3 Å². The molecule has 3 aromatic rings. The van der Waals surface area contributed by atoms with Crippen LogP contribution in [0, 0.1) is 0 Å². The minimum atomic E-state index is -0.328. The van der Waals surface area contributed by atoms with E-state index in [1.165, 1.54) is 25.1 Å². The van der Waals surface area contributed by atoms with Gasteiger partial charge < -0.3 is 19.5 Å². The number of fused-ring (bicyclic) bond motifs is 1. The summed E-state index contributed by atoms with van der Waals surface area (Å²) in [5, 5.41) is 3.14. The van der Waals surface area contributed by atoms with E-state index in [2.05, 4.69) is 10.3 Å². The molecule has 0 saturated carbocycles. The van der Waals surface area contributed by atoms with E-state index in [4.69, 9.17) is 14.2 Å². The van der Waals surface area contributed by atoms with E-state index in [1.54, 1.807) is 19.2 Å². The van der Waals surface area contributed by atoms with Gasteiger partial charge in [0.05, 0.1) is 38.6 Å². The maximum Gasteiger partial charge on any atom is 0.261 e. The normalized spacial score (nSPS) is 10.5. The van der Waals surface area contributed by atoms with Gasteiger partial charge in [-0.1, -0.05) is 12.1 Å². The average Bonchev–Trinajstić information content (AvgIpc) is 2.73. The second kappa shape index (κ2) is 8.43. The first kappa shape index (κ1) is 19.2. The quantitative estimate of drug-likeness (QED) is 0.668. The predicted molar refractivity (Wildman–Crippen MR) is 104 cm³/mol. The monoisotopic (exact) mass is 383 g/mol. The number of carbonyl (C=O) groups is 1. The van der Waals surface area contributed by atoms with Gasteiger partial charge in [-0.25, -0.2) is 4.98 Å². The van der Waals surface area contributed by atoms with E-state index in [9.17, 15) is 9.59 Å². The molecule has 0 aliphatic carbocycles. The molecule has 8 nitrogen and oxygen atoms in total. The van der Waals surface area contributed by atoms with E-state index < -0.39 is 0 Å². The number of benzene rings is 2. The Morgan fingerprint density at radius 3 is 2.36 bits per heavy atom. The number of hydrogen-bond acceptors (Lipinski definition) is 6. The Hall–Kier alpha value is -3.55. The first-order chi connectivity index (χ1) is 13.5. The topological polar surface area (TPSA) is 91.7 Å². The van der Waals surface area contributed by atoms with Crippen LogP contribution in [0.15, 0.2) is 47.5 Å². The number of rotatable bonds is 7. The zero-order valence-corrected chi connectivity index (χ0v) is 15.9. The maximum atomic E-state index is 12.7. The fourth-order valence-corrected chi connectivity index (χ4v) is 2.75. The van der Waals surface area contributed by atoms with Gasteiger partial charge in [0.25, 0.3) is 5.56 Å². The average molecular weight is 383 g/mol. The number of nitrogens with one attached hydrogen (secondary N) is 1. The minimum absolute atomic E-state index is 0.133. The summed E-state index contributed by atoms with van der Waals surface area (Å²) in [5.74, 6) is 1.36. The Balaban J connectivity index is 1.74. The summed E-state index contributed by atoms with van der Waals surface area (Å²) in [6, 6.07) is 10.6. The zero-order chi connectivity index (χ0) is 20.1. The standard InChI is InChI=1S/C20H21N3O5/c1-26-14-6-4-13(5-7-14)10-21-19(24)11-23-12-22-16-9-18(28-3)17(27-2)8-15(16)20(23)25/h4-9,12H,10-11H2,1-3H3,(H,21,24). The van der Waals surface area contributed by atoms with Crippen LogP contribution in [-0.4, -0.2) is 36.8 Å². The fourth-order valence-electron chi connectivity index (χ4n) is 2.75. The van der Waals surface area contributed by atoms with Gasteiger partial charge in [-0.05, 0) is 23.8 Å². The van der Waals surface area contributed by atoms with Gasteiger partial charge in [-0.15, -0.1) is 0 Å². The zero-order valence-electron chi connectivity index (χ0n) is 15.9. The van der Waals surface area contributed by atoms with Crippen LogP contribution >= 0.6 is 0 Å². The van der Waals surface area contributed by atoms with Gasteiger partial charge in [0.1, 0.15) is 12.3 Å². The molecule has 28 heavy (non-hydrogen) atoms. The maximum absolute atomic E-state index is 12.7. The lowest BCUT2D eigenvalue weighted by Gasteiger charge is -2.11. The van der Waals surface area contributed by atoms with Gasteiger partial charge in [0.15, 0.2) is 11.5 Å². The highest BCUT2D eigenvalue weighted by Crippen LogP contribution is 2.29. The molecule has 1 aromatic heterocycles. The fraction of sp³-hybridized carbons (Fsp3) is 0.250. The summed E-state index contributed by atoms with van der Waals surface area (Å²) in [5.41, 5.74) is 1.07. The third-order valence-electron chi connectivity index (χ3n) is 4.29. The highest BCUT2D eigenvalue weighted by molar-refractivity contribution is 5.82. The van der Waals surface area contributed by atoms with Gasteiger partial charge in [-0.2, -0.15) is 0 Å². The number of amides is 1. The van der Waals surface area contributed by atoms with Crippen molar-refractivity contribution >= 4 is 16.8 Å². The number of ether oxygens (including phenoxy) is 3. The summed E-state index contributed by atoms with van der Waals surface area (Å²) in [4.78, 5) is 29.2. The van der Waals surface area contributed by atoms with E-state index in [1.807, 2.05) is 24.3 Å². The number of carbonyl (C=O) groups excluding carboxylic acids is 1. The number of aromatic nitrogens is 2. The first-order valence-corrected chi connectivity index (χ1v) is 8.56. The molecular weight excluding hydrogens is 362 g/mol. The Labute approximate surface area is 161 Å². The van der Waals surface area contributed by atoms with Crippen molar-refractivity contribution in [2.24, 2.45) is 0 Å². The number of hydrogen-bond donors (Lipinski definition) is 1. The van der Waals surface area contributed by atoms with Crippen molar-refractivity contribution in [2.45, 2.75) is 13.1 Å². The van der Waals surface area contributed by atoms with Crippen LogP contribution < -0.4 is 25.1 Å². The second-order valence-electron chi connectivity index (χ2n) is 6.03. The SMILES string of the molecule is COc1ccc(CNC(=O)Cn2cnc3cc(OC)c(OC)cc3c2=O)cc1. The second-order valence-corrected chi connectivity index (χ2v) is 6.03. The van der Waals surface area contributed by atoms with Crippen LogP contribution in [0.3, 0.4) is 0 Å². The molecule has 0 fully saturated rings. The van der Waals surface area contributed by atoms with Crippen LogP contribution in [0.2, 0.25) is 0 Å². The van der Waals surface area contributed by atoms with Crippen molar-refractivity contribution in [1.29, 1.82) is 0 Å². The van der Waals surface area contributed by atoms with E-state index in [-0.39, 0.29) is 18.0 Å². The smallest absolute Gasteiger partial charge is 0.261 e. The molecule has 1 heterocycles.